The quantitative estimate of drug-likeness (QED) is 0.939. The summed E-state index contributed by atoms with van der Waals surface area (Å²) in [6, 6.07) is 8.27. The molecule has 0 spiro atoms. The summed E-state index contributed by atoms with van der Waals surface area (Å²) < 4.78 is 1.51. The fourth-order valence-corrected chi connectivity index (χ4v) is 3.42. The predicted octanol–water partition coefficient (Wildman–Crippen LogP) is 2.02. The Morgan fingerprint density at radius 1 is 1.45 bits per heavy atom. The fraction of sp³-hybridized carbons (Fsp3) is 0.333. The third kappa shape index (κ3) is 2.41. The van der Waals surface area contributed by atoms with E-state index in [2.05, 4.69) is 17.4 Å². The van der Waals surface area contributed by atoms with Crippen LogP contribution in [0, 0.1) is 6.92 Å². The van der Waals surface area contributed by atoms with Crippen molar-refractivity contribution in [1.82, 2.24) is 9.88 Å². The molecular formula is C15H16N2O2S. The standard InChI is InChI=1S/C15H16N2O2S/c1-10-9-20-15(19)17(10)8-14(18)16-13-7-6-11-4-2-3-5-12(11)13/h2-5,9,13H,6-8H2,1H3,(H,16,18). The van der Waals surface area contributed by atoms with E-state index in [4.69, 9.17) is 0 Å². The molecule has 1 aliphatic rings. The number of benzene rings is 1. The van der Waals surface area contributed by atoms with Gasteiger partial charge in [0.25, 0.3) is 0 Å². The molecule has 1 aliphatic carbocycles. The molecule has 1 atom stereocenters. The Morgan fingerprint density at radius 3 is 3.00 bits per heavy atom. The van der Waals surface area contributed by atoms with E-state index in [1.165, 1.54) is 15.7 Å². The van der Waals surface area contributed by atoms with Gasteiger partial charge in [-0.25, -0.2) is 0 Å². The Bertz CT molecular complexity index is 702. The van der Waals surface area contributed by atoms with Crippen LogP contribution in [0.5, 0.6) is 0 Å². The van der Waals surface area contributed by atoms with Gasteiger partial charge in [0.15, 0.2) is 0 Å². The molecule has 4 nitrogen and oxygen atoms in total. The Balaban J connectivity index is 1.71. The van der Waals surface area contributed by atoms with Gasteiger partial charge in [0.05, 0.1) is 6.04 Å². The highest BCUT2D eigenvalue weighted by Gasteiger charge is 2.23. The molecule has 2 aromatic rings. The highest BCUT2D eigenvalue weighted by molar-refractivity contribution is 7.07. The first-order chi connectivity index (χ1) is 9.65. The number of carbonyl (C=O) groups excluding carboxylic acids is 1. The summed E-state index contributed by atoms with van der Waals surface area (Å²) in [5, 5.41) is 4.81. The van der Waals surface area contributed by atoms with Gasteiger partial charge in [-0.2, -0.15) is 0 Å². The predicted molar refractivity (Wildman–Crippen MR) is 79.0 cm³/mol. The third-order valence-electron chi connectivity index (χ3n) is 3.75. The van der Waals surface area contributed by atoms with E-state index in [0.717, 1.165) is 29.9 Å². The van der Waals surface area contributed by atoms with Gasteiger partial charge in [0.1, 0.15) is 6.54 Å². The molecule has 0 saturated heterocycles. The molecule has 0 saturated carbocycles. The minimum Gasteiger partial charge on any atom is -0.348 e. The van der Waals surface area contributed by atoms with Crippen LogP contribution in [0.4, 0.5) is 0 Å². The molecule has 104 valence electrons. The van der Waals surface area contributed by atoms with Crippen molar-refractivity contribution in [3.05, 3.63) is 56.1 Å². The van der Waals surface area contributed by atoms with Gasteiger partial charge in [0.2, 0.25) is 5.91 Å². The smallest absolute Gasteiger partial charge is 0.307 e. The molecule has 1 unspecified atom stereocenters. The summed E-state index contributed by atoms with van der Waals surface area (Å²) in [5.41, 5.74) is 3.35. The van der Waals surface area contributed by atoms with Crippen LogP contribution in [-0.4, -0.2) is 10.5 Å². The number of carbonyl (C=O) groups is 1. The number of fused-ring (bicyclic) bond motifs is 1. The molecule has 0 fully saturated rings. The lowest BCUT2D eigenvalue weighted by molar-refractivity contribution is -0.122. The lowest BCUT2D eigenvalue weighted by atomic mass is 10.1. The molecule has 0 aliphatic heterocycles. The number of aromatic nitrogens is 1. The summed E-state index contributed by atoms with van der Waals surface area (Å²) in [4.78, 5) is 23.6. The molecule has 1 N–H and O–H groups in total. The van der Waals surface area contributed by atoms with Crippen LogP contribution in [-0.2, 0) is 17.8 Å². The number of thiazole rings is 1. The van der Waals surface area contributed by atoms with Crippen molar-refractivity contribution >= 4 is 17.2 Å². The van der Waals surface area contributed by atoms with Crippen LogP contribution in [0.15, 0.2) is 34.4 Å². The van der Waals surface area contributed by atoms with Crippen LogP contribution in [0.1, 0.15) is 29.3 Å². The van der Waals surface area contributed by atoms with Gasteiger partial charge in [-0.3, -0.25) is 14.2 Å². The van der Waals surface area contributed by atoms with E-state index in [-0.39, 0.29) is 23.4 Å². The molecular weight excluding hydrogens is 272 g/mol. The number of nitrogens with one attached hydrogen (secondary N) is 1. The first-order valence-corrected chi connectivity index (χ1v) is 7.55. The van der Waals surface area contributed by atoms with Crippen molar-refractivity contribution in [3.8, 4) is 0 Å². The summed E-state index contributed by atoms with van der Waals surface area (Å²) in [7, 11) is 0. The Morgan fingerprint density at radius 2 is 2.25 bits per heavy atom. The van der Waals surface area contributed by atoms with Gasteiger partial charge in [-0.05, 0) is 30.9 Å². The van der Waals surface area contributed by atoms with Crippen LogP contribution in [0.25, 0.3) is 0 Å². The van der Waals surface area contributed by atoms with E-state index < -0.39 is 0 Å². The number of hydrogen-bond donors (Lipinski definition) is 1. The summed E-state index contributed by atoms with van der Waals surface area (Å²) in [5.74, 6) is -0.102. The van der Waals surface area contributed by atoms with Crippen molar-refractivity contribution < 1.29 is 4.79 Å². The lowest BCUT2D eigenvalue weighted by Crippen LogP contribution is -2.33. The SMILES string of the molecule is Cc1csc(=O)n1CC(=O)NC1CCc2ccccc21. The van der Waals surface area contributed by atoms with Gasteiger partial charge in [0, 0.05) is 11.1 Å². The van der Waals surface area contributed by atoms with Crippen molar-refractivity contribution in [2.24, 2.45) is 0 Å². The number of nitrogens with zero attached hydrogens (tertiary/aromatic N) is 1. The molecule has 5 heteroatoms. The monoisotopic (exact) mass is 288 g/mol. The van der Waals surface area contributed by atoms with E-state index in [1.54, 1.807) is 5.38 Å². The highest BCUT2D eigenvalue weighted by atomic mass is 32.1. The second-order valence-electron chi connectivity index (χ2n) is 5.09. The minimum atomic E-state index is -0.102. The van der Waals surface area contributed by atoms with Crippen molar-refractivity contribution in [3.63, 3.8) is 0 Å². The zero-order chi connectivity index (χ0) is 14.1. The Labute approximate surface area is 121 Å². The molecule has 3 rings (SSSR count). The average Bonchev–Trinajstić information content (AvgIpc) is 2.98. The maximum atomic E-state index is 12.1. The fourth-order valence-electron chi connectivity index (χ4n) is 2.69. The van der Waals surface area contributed by atoms with Crippen LogP contribution in [0.3, 0.4) is 0 Å². The molecule has 1 heterocycles. The zero-order valence-corrected chi connectivity index (χ0v) is 12.1. The van der Waals surface area contributed by atoms with Crippen molar-refractivity contribution in [2.75, 3.05) is 0 Å². The zero-order valence-electron chi connectivity index (χ0n) is 11.3. The van der Waals surface area contributed by atoms with Gasteiger partial charge >= 0.3 is 4.87 Å². The van der Waals surface area contributed by atoms with Crippen LogP contribution in [0.2, 0.25) is 0 Å². The summed E-state index contributed by atoms with van der Waals surface area (Å²) >= 11 is 1.13. The number of amides is 1. The largest absolute Gasteiger partial charge is 0.348 e. The number of hydrogen-bond acceptors (Lipinski definition) is 3. The van der Waals surface area contributed by atoms with Crippen molar-refractivity contribution in [2.45, 2.75) is 32.4 Å². The molecule has 1 aromatic carbocycles. The average molecular weight is 288 g/mol. The third-order valence-corrected chi connectivity index (χ3v) is 4.63. The van der Waals surface area contributed by atoms with E-state index >= 15 is 0 Å². The number of aryl methyl sites for hydroxylation is 2. The molecule has 1 aromatic heterocycles. The van der Waals surface area contributed by atoms with Crippen molar-refractivity contribution in [1.29, 1.82) is 0 Å². The van der Waals surface area contributed by atoms with Gasteiger partial charge in [-0.15, -0.1) is 0 Å². The highest BCUT2D eigenvalue weighted by Crippen LogP contribution is 2.30. The maximum Gasteiger partial charge on any atom is 0.307 e. The van der Waals surface area contributed by atoms with E-state index in [9.17, 15) is 9.59 Å². The van der Waals surface area contributed by atoms with Gasteiger partial charge < -0.3 is 5.32 Å². The molecule has 20 heavy (non-hydrogen) atoms. The minimum absolute atomic E-state index is 0.0772. The second kappa shape index (κ2) is 5.25. The molecule has 0 bridgehead atoms. The molecule has 0 radical (unpaired) electrons. The maximum absolute atomic E-state index is 12.1. The van der Waals surface area contributed by atoms with Crippen LogP contribution >= 0.6 is 11.3 Å². The Kier molecular flexibility index (Phi) is 3.44. The van der Waals surface area contributed by atoms with E-state index in [1.807, 2.05) is 19.1 Å². The second-order valence-corrected chi connectivity index (χ2v) is 5.91. The van der Waals surface area contributed by atoms with Gasteiger partial charge in [-0.1, -0.05) is 35.6 Å². The first kappa shape index (κ1) is 13.1. The first-order valence-electron chi connectivity index (χ1n) is 6.67. The summed E-state index contributed by atoms with van der Waals surface area (Å²) in [6.07, 6.45) is 1.93. The van der Waals surface area contributed by atoms with E-state index in [0.29, 0.717) is 0 Å². The lowest BCUT2D eigenvalue weighted by Gasteiger charge is -2.14. The normalized spacial score (nSPS) is 16.9. The number of rotatable bonds is 3. The summed E-state index contributed by atoms with van der Waals surface area (Å²) in [6.45, 7) is 1.95. The topological polar surface area (TPSA) is 51.1 Å². The Hall–Kier alpha value is -1.88. The van der Waals surface area contributed by atoms with Crippen LogP contribution < -0.4 is 10.2 Å². The molecule has 1 amide bonds.